The molecule has 4 rings (SSSR count). The SMILES string of the molecule is CCCCOP(=O)(OCCCC)Oc1ccc2c(=O)c3c(O)cc(N4CCOCC4)cc3oc2c1. The highest BCUT2D eigenvalue weighted by Gasteiger charge is 2.29. The highest BCUT2D eigenvalue weighted by molar-refractivity contribution is 7.48. The zero-order valence-corrected chi connectivity index (χ0v) is 21.1. The number of hydrogen-bond acceptors (Lipinski definition) is 9. The van der Waals surface area contributed by atoms with Crippen LogP contribution in [0.25, 0.3) is 21.9 Å². The molecule has 2 aromatic carbocycles. The van der Waals surface area contributed by atoms with Crippen molar-refractivity contribution in [3.8, 4) is 11.5 Å². The number of morpholine rings is 1. The maximum atomic E-state index is 13.2. The molecule has 35 heavy (non-hydrogen) atoms. The van der Waals surface area contributed by atoms with Crippen molar-refractivity contribution in [3.63, 3.8) is 0 Å². The molecule has 1 aliphatic rings. The quantitative estimate of drug-likeness (QED) is 0.202. The first-order valence-electron chi connectivity index (χ1n) is 12.1. The Balaban J connectivity index is 1.68. The molecule has 1 aliphatic heterocycles. The second kappa shape index (κ2) is 11.4. The number of ether oxygens (including phenoxy) is 1. The van der Waals surface area contributed by atoms with Gasteiger partial charge in [0.1, 0.15) is 28.1 Å². The monoisotopic (exact) mass is 505 g/mol. The average Bonchev–Trinajstić information content (AvgIpc) is 2.84. The molecule has 2 heterocycles. The van der Waals surface area contributed by atoms with Crippen molar-refractivity contribution in [1.29, 1.82) is 0 Å². The van der Waals surface area contributed by atoms with Gasteiger partial charge in [0.2, 0.25) is 5.43 Å². The van der Waals surface area contributed by atoms with Crippen molar-refractivity contribution in [2.24, 2.45) is 0 Å². The summed E-state index contributed by atoms with van der Waals surface area (Å²) in [5.74, 6) is 0.0583. The van der Waals surface area contributed by atoms with Crippen molar-refractivity contribution in [2.45, 2.75) is 39.5 Å². The molecule has 0 saturated carbocycles. The van der Waals surface area contributed by atoms with E-state index in [9.17, 15) is 14.5 Å². The fourth-order valence-corrected chi connectivity index (χ4v) is 5.10. The summed E-state index contributed by atoms with van der Waals surface area (Å²) in [5.41, 5.74) is 0.877. The number of hydrogen-bond donors (Lipinski definition) is 1. The number of fused-ring (bicyclic) bond motifs is 2. The summed E-state index contributed by atoms with van der Waals surface area (Å²) in [6.45, 7) is 7.02. The van der Waals surface area contributed by atoms with E-state index in [0.29, 0.717) is 26.3 Å². The molecule has 9 nitrogen and oxygen atoms in total. The van der Waals surface area contributed by atoms with Crippen LogP contribution in [0.15, 0.2) is 39.5 Å². The van der Waals surface area contributed by atoms with E-state index in [1.54, 1.807) is 12.1 Å². The van der Waals surface area contributed by atoms with Crippen LogP contribution in [-0.2, 0) is 18.3 Å². The van der Waals surface area contributed by atoms with Gasteiger partial charge in [0.25, 0.3) is 0 Å². The first kappa shape index (κ1) is 25.5. The lowest BCUT2D eigenvalue weighted by Gasteiger charge is -2.29. The summed E-state index contributed by atoms with van der Waals surface area (Å²) in [7, 11) is -3.85. The van der Waals surface area contributed by atoms with Gasteiger partial charge in [-0.1, -0.05) is 26.7 Å². The van der Waals surface area contributed by atoms with Crippen LogP contribution in [0.2, 0.25) is 0 Å². The number of benzene rings is 2. The zero-order chi connectivity index (χ0) is 24.8. The van der Waals surface area contributed by atoms with Crippen molar-refractivity contribution < 1.29 is 32.4 Å². The fraction of sp³-hybridized carbons (Fsp3) is 0.480. The maximum absolute atomic E-state index is 13.2. The van der Waals surface area contributed by atoms with Crippen LogP contribution in [0.4, 0.5) is 5.69 Å². The topological polar surface area (TPSA) is 108 Å². The van der Waals surface area contributed by atoms with Crippen molar-refractivity contribution >= 4 is 35.4 Å². The van der Waals surface area contributed by atoms with E-state index in [1.807, 2.05) is 13.8 Å². The molecule has 0 amide bonds. The van der Waals surface area contributed by atoms with Crippen molar-refractivity contribution in [2.75, 3.05) is 44.4 Å². The number of phosphoric ester groups is 1. The van der Waals surface area contributed by atoms with Gasteiger partial charge in [0, 0.05) is 37.0 Å². The minimum atomic E-state index is -3.85. The summed E-state index contributed by atoms with van der Waals surface area (Å²) in [5, 5.41) is 11.0. The number of phenols is 1. The second-order valence-electron chi connectivity index (χ2n) is 8.44. The highest BCUT2D eigenvalue weighted by atomic mass is 31.2. The van der Waals surface area contributed by atoms with Gasteiger partial charge in [-0.25, -0.2) is 4.57 Å². The van der Waals surface area contributed by atoms with Gasteiger partial charge >= 0.3 is 7.82 Å². The number of rotatable bonds is 11. The fourth-order valence-electron chi connectivity index (χ4n) is 3.84. The summed E-state index contributed by atoms with van der Waals surface area (Å²) in [6.07, 6.45) is 3.20. The molecule has 190 valence electrons. The molecule has 1 N–H and O–H groups in total. The average molecular weight is 506 g/mol. The predicted octanol–water partition coefficient (Wildman–Crippen LogP) is 5.61. The van der Waals surface area contributed by atoms with Crippen LogP contribution >= 0.6 is 7.82 Å². The Morgan fingerprint density at radius 2 is 1.69 bits per heavy atom. The molecule has 3 aromatic rings. The van der Waals surface area contributed by atoms with Gasteiger partial charge in [0.15, 0.2) is 0 Å². The molecule has 0 aliphatic carbocycles. The van der Waals surface area contributed by atoms with Gasteiger partial charge in [-0.2, -0.15) is 0 Å². The molecule has 0 unspecified atom stereocenters. The summed E-state index contributed by atoms with van der Waals surface area (Å²) < 4.78 is 41.3. The maximum Gasteiger partial charge on any atom is 0.530 e. The number of nitrogens with zero attached hydrogens (tertiary/aromatic N) is 1. The van der Waals surface area contributed by atoms with Crippen LogP contribution in [0, 0.1) is 0 Å². The summed E-state index contributed by atoms with van der Waals surface area (Å²) in [6, 6.07) is 7.84. The molecule has 0 bridgehead atoms. The Morgan fingerprint density at radius 1 is 1.00 bits per heavy atom. The first-order chi connectivity index (χ1) is 16.9. The first-order valence-corrected chi connectivity index (χ1v) is 13.5. The minimum Gasteiger partial charge on any atom is -0.507 e. The minimum absolute atomic E-state index is 0.111. The van der Waals surface area contributed by atoms with Gasteiger partial charge in [-0.05, 0) is 25.0 Å². The van der Waals surface area contributed by atoms with Crippen LogP contribution < -0.4 is 14.9 Å². The number of unbranched alkanes of at least 4 members (excludes halogenated alkanes) is 2. The van der Waals surface area contributed by atoms with Crippen LogP contribution in [-0.4, -0.2) is 44.6 Å². The summed E-state index contributed by atoms with van der Waals surface area (Å²) in [4.78, 5) is 15.2. The lowest BCUT2D eigenvalue weighted by molar-refractivity contribution is 0.122. The highest BCUT2D eigenvalue weighted by Crippen LogP contribution is 2.50. The van der Waals surface area contributed by atoms with Gasteiger partial charge < -0.3 is 23.7 Å². The van der Waals surface area contributed by atoms with E-state index in [0.717, 1.165) is 31.4 Å². The molecule has 0 atom stereocenters. The second-order valence-corrected chi connectivity index (χ2v) is 10.0. The Morgan fingerprint density at radius 3 is 2.34 bits per heavy atom. The molecular weight excluding hydrogens is 473 g/mol. The van der Waals surface area contributed by atoms with Gasteiger partial charge in [0.05, 0.1) is 31.8 Å². The largest absolute Gasteiger partial charge is 0.530 e. The number of phosphoric acid groups is 1. The van der Waals surface area contributed by atoms with E-state index >= 15 is 0 Å². The molecule has 1 aromatic heterocycles. The molecule has 1 fully saturated rings. The lowest BCUT2D eigenvalue weighted by Crippen LogP contribution is -2.36. The Kier molecular flexibility index (Phi) is 8.34. The number of anilines is 1. The van der Waals surface area contributed by atoms with Crippen molar-refractivity contribution in [1.82, 2.24) is 0 Å². The molecule has 0 radical (unpaired) electrons. The van der Waals surface area contributed by atoms with Gasteiger partial charge in [-0.15, -0.1) is 0 Å². The smallest absolute Gasteiger partial charge is 0.507 e. The third kappa shape index (κ3) is 5.98. The number of aromatic hydroxyl groups is 1. The van der Waals surface area contributed by atoms with Gasteiger partial charge in [-0.3, -0.25) is 13.8 Å². The third-order valence-electron chi connectivity index (χ3n) is 5.80. The zero-order valence-electron chi connectivity index (χ0n) is 20.2. The predicted molar refractivity (Wildman–Crippen MR) is 135 cm³/mol. The van der Waals surface area contributed by atoms with E-state index in [1.165, 1.54) is 18.2 Å². The summed E-state index contributed by atoms with van der Waals surface area (Å²) >= 11 is 0. The Bertz CT molecular complexity index is 1250. The third-order valence-corrected chi connectivity index (χ3v) is 7.23. The van der Waals surface area contributed by atoms with E-state index < -0.39 is 7.82 Å². The van der Waals surface area contributed by atoms with Crippen LogP contribution in [0.5, 0.6) is 11.5 Å². The van der Waals surface area contributed by atoms with Crippen molar-refractivity contribution in [3.05, 3.63) is 40.6 Å². The molecule has 10 heteroatoms. The normalized spacial score (nSPS) is 14.6. The molecular formula is C25H32NO8P. The molecule has 0 spiro atoms. The van der Waals surface area contributed by atoms with Crippen LogP contribution in [0.3, 0.4) is 0 Å². The Labute approximate surface area is 204 Å². The van der Waals surface area contributed by atoms with E-state index in [-0.39, 0.29) is 52.1 Å². The van der Waals surface area contributed by atoms with E-state index in [2.05, 4.69) is 4.90 Å². The lowest BCUT2D eigenvalue weighted by atomic mass is 10.1. The van der Waals surface area contributed by atoms with Crippen LogP contribution in [0.1, 0.15) is 39.5 Å². The van der Waals surface area contributed by atoms with E-state index in [4.69, 9.17) is 22.7 Å². The standard InChI is InChI=1S/C25H32NO8P/c1-3-5-11-31-35(29,32-12-6-4-2)34-19-7-8-20-22(17-19)33-23-16-18(26-9-13-30-14-10-26)15-21(27)24(23)25(20)28/h7-8,15-17,27H,3-6,9-14H2,1-2H3. The molecule has 1 saturated heterocycles. The number of phenolic OH excluding ortho intramolecular Hbond substituents is 1. The Hall–Kier alpha value is -2.58.